The highest BCUT2D eigenvalue weighted by atomic mass is 16.5. The molecule has 106 valence electrons. The van der Waals surface area contributed by atoms with Gasteiger partial charge in [0.15, 0.2) is 0 Å². The van der Waals surface area contributed by atoms with Crippen LogP contribution in [0.4, 0.5) is 0 Å². The third-order valence-corrected chi connectivity index (χ3v) is 4.11. The first-order valence-corrected chi connectivity index (χ1v) is 7.30. The van der Waals surface area contributed by atoms with Crippen LogP contribution in [0.2, 0.25) is 0 Å². The molecule has 1 aromatic carbocycles. The average molecular weight is 271 g/mol. The van der Waals surface area contributed by atoms with Crippen LogP contribution in [0, 0.1) is 5.92 Å². The molecule has 0 aliphatic carbocycles. The summed E-state index contributed by atoms with van der Waals surface area (Å²) in [5.74, 6) is 2.87. The first-order chi connectivity index (χ1) is 9.65. The van der Waals surface area contributed by atoms with E-state index in [1.165, 1.54) is 5.56 Å². The second-order valence-corrected chi connectivity index (χ2v) is 5.97. The molecule has 4 heteroatoms. The van der Waals surface area contributed by atoms with Crippen molar-refractivity contribution in [3.8, 4) is 11.4 Å². The summed E-state index contributed by atoms with van der Waals surface area (Å²) in [5.41, 5.74) is 2.34. The van der Waals surface area contributed by atoms with Crippen molar-refractivity contribution in [1.82, 2.24) is 15.5 Å². The van der Waals surface area contributed by atoms with E-state index in [-0.39, 0.29) is 0 Å². The number of hydrogen-bond acceptors (Lipinski definition) is 4. The zero-order valence-corrected chi connectivity index (χ0v) is 12.3. The Morgan fingerprint density at radius 1 is 1.20 bits per heavy atom. The predicted octanol–water partition coefficient (Wildman–Crippen LogP) is 3.18. The van der Waals surface area contributed by atoms with Crippen molar-refractivity contribution in [1.29, 1.82) is 0 Å². The highest BCUT2D eigenvalue weighted by molar-refractivity contribution is 5.54. The van der Waals surface area contributed by atoms with Crippen molar-refractivity contribution in [3.63, 3.8) is 0 Å². The van der Waals surface area contributed by atoms with Crippen molar-refractivity contribution in [3.05, 3.63) is 35.7 Å². The Kier molecular flexibility index (Phi) is 3.57. The van der Waals surface area contributed by atoms with E-state index in [2.05, 4.69) is 60.5 Å². The molecule has 0 amide bonds. The van der Waals surface area contributed by atoms with E-state index in [9.17, 15) is 0 Å². The second-order valence-electron chi connectivity index (χ2n) is 5.97. The minimum absolute atomic E-state index is 0.339. The fourth-order valence-electron chi connectivity index (χ4n) is 2.66. The van der Waals surface area contributed by atoms with Gasteiger partial charge < -0.3 is 9.84 Å². The molecule has 0 radical (unpaired) electrons. The van der Waals surface area contributed by atoms with Crippen LogP contribution in [0.1, 0.15) is 44.1 Å². The van der Waals surface area contributed by atoms with Crippen LogP contribution in [-0.2, 0) is 0 Å². The molecule has 1 aliphatic rings. The predicted molar refractivity (Wildman–Crippen MR) is 78.6 cm³/mol. The van der Waals surface area contributed by atoms with E-state index in [0.717, 1.165) is 24.5 Å². The molecule has 1 N–H and O–H groups in total. The number of nitrogens with zero attached hydrogens (tertiary/aromatic N) is 2. The highest BCUT2D eigenvalue weighted by Crippen LogP contribution is 2.28. The zero-order chi connectivity index (χ0) is 14.1. The minimum atomic E-state index is 0.339. The summed E-state index contributed by atoms with van der Waals surface area (Å²) < 4.78 is 5.45. The lowest BCUT2D eigenvalue weighted by Gasteiger charge is -2.07. The van der Waals surface area contributed by atoms with Gasteiger partial charge in [-0.1, -0.05) is 50.2 Å². The number of aromatic nitrogens is 2. The van der Waals surface area contributed by atoms with Crippen LogP contribution in [0.25, 0.3) is 11.4 Å². The van der Waals surface area contributed by atoms with Gasteiger partial charge in [0.05, 0.1) is 5.92 Å². The van der Waals surface area contributed by atoms with E-state index >= 15 is 0 Å². The zero-order valence-electron chi connectivity index (χ0n) is 12.3. The smallest absolute Gasteiger partial charge is 0.231 e. The molecule has 0 spiro atoms. The van der Waals surface area contributed by atoms with Gasteiger partial charge in [-0.3, -0.25) is 0 Å². The van der Waals surface area contributed by atoms with Gasteiger partial charge in [0.1, 0.15) is 0 Å². The Morgan fingerprint density at radius 2 is 1.95 bits per heavy atom. The summed E-state index contributed by atoms with van der Waals surface area (Å²) in [6.07, 6.45) is 0. The molecule has 3 rings (SSSR count). The fourth-order valence-corrected chi connectivity index (χ4v) is 2.66. The molecular formula is C16H21N3O. The van der Waals surface area contributed by atoms with Crippen LogP contribution in [0.15, 0.2) is 28.8 Å². The van der Waals surface area contributed by atoms with Crippen LogP contribution in [0.5, 0.6) is 0 Å². The lowest BCUT2D eigenvalue weighted by molar-refractivity contribution is 0.340. The summed E-state index contributed by atoms with van der Waals surface area (Å²) >= 11 is 0. The fraction of sp³-hybridized carbons (Fsp3) is 0.500. The van der Waals surface area contributed by atoms with Crippen LogP contribution in [0.3, 0.4) is 0 Å². The minimum Gasteiger partial charge on any atom is -0.339 e. The maximum absolute atomic E-state index is 5.45. The molecule has 0 unspecified atom stereocenters. The lowest BCUT2D eigenvalue weighted by Crippen LogP contribution is -2.08. The number of nitrogens with one attached hydrogen (secondary N) is 1. The molecule has 2 heterocycles. The molecule has 0 saturated carbocycles. The van der Waals surface area contributed by atoms with Crippen molar-refractivity contribution in [2.75, 3.05) is 13.1 Å². The Morgan fingerprint density at radius 3 is 2.55 bits per heavy atom. The summed E-state index contributed by atoms with van der Waals surface area (Å²) in [6, 6.07) is 8.41. The molecule has 1 aliphatic heterocycles. The lowest BCUT2D eigenvalue weighted by atomic mass is 9.98. The Hall–Kier alpha value is -1.68. The van der Waals surface area contributed by atoms with E-state index in [1.54, 1.807) is 0 Å². The summed E-state index contributed by atoms with van der Waals surface area (Å²) in [6.45, 7) is 8.54. The summed E-state index contributed by atoms with van der Waals surface area (Å²) in [4.78, 5) is 4.57. The molecular weight excluding hydrogens is 250 g/mol. The van der Waals surface area contributed by atoms with E-state index in [4.69, 9.17) is 4.52 Å². The molecule has 4 nitrogen and oxygen atoms in total. The van der Waals surface area contributed by atoms with Gasteiger partial charge >= 0.3 is 0 Å². The maximum Gasteiger partial charge on any atom is 0.231 e. The number of benzene rings is 1. The van der Waals surface area contributed by atoms with Gasteiger partial charge in [0, 0.05) is 12.1 Å². The van der Waals surface area contributed by atoms with E-state index in [0.29, 0.717) is 23.6 Å². The van der Waals surface area contributed by atoms with Crippen LogP contribution >= 0.6 is 0 Å². The number of hydrogen-bond donors (Lipinski definition) is 1. The van der Waals surface area contributed by atoms with Crippen molar-refractivity contribution in [2.45, 2.75) is 32.6 Å². The van der Waals surface area contributed by atoms with Crippen molar-refractivity contribution in [2.24, 2.45) is 5.92 Å². The van der Waals surface area contributed by atoms with Gasteiger partial charge in [0.2, 0.25) is 11.7 Å². The van der Waals surface area contributed by atoms with Crippen molar-refractivity contribution < 1.29 is 4.52 Å². The molecule has 1 saturated heterocycles. The van der Waals surface area contributed by atoms with Gasteiger partial charge in [-0.25, -0.2) is 0 Å². The Balaban J connectivity index is 1.82. The average Bonchev–Trinajstić information content (AvgIpc) is 3.07. The SMILES string of the molecule is CC(C)c1ccc(-c2noc([C@@H]3CNC[C@H]3C)n2)cc1. The largest absolute Gasteiger partial charge is 0.339 e. The van der Waals surface area contributed by atoms with Crippen molar-refractivity contribution >= 4 is 0 Å². The number of rotatable bonds is 3. The molecule has 0 bridgehead atoms. The first-order valence-electron chi connectivity index (χ1n) is 7.30. The Labute approximate surface area is 119 Å². The van der Waals surface area contributed by atoms with Gasteiger partial charge in [0.25, 0.3) is 0 Å². The third-order valence-electron chi connectivity index (χ3n) is 4.11. The summed E-state index contributed by atoms with van der Waals surface area (Å²) in [5, 5.41) is 7.49. The normalized spacial score (nSPS) is 22.6. The van der Waals surface area contributed by atoms with Gasteiger partial charge in [-0.2, -0.15) is 4.98 Å². The van der Waals surface area contributed by atoms with Gasteiger partial charge in [-0.05, 0) is 23.9 Å². The van der Waals surface area contributed by atoms with E-state index < -0.39 is 0 Å². The Bertz CT molecular complexity index is 574. The monoisotopic (exact) mass is 271 g/mol. The standard InChI is InChI=1S/C16H21N3O/c1-10(2)12-4-6-13(7-5-12)15-18-16(20-19-15)14-9-17-8-11(14)3/h4-7,10-11,14,17H,8-9H2,1-3H3/t11-,14-/m1/s1. The molecule has 1 fully saturated rings. The molecule has 2 atom stereocenters. The van der Waals surface area contributed by atoms with Crippen LogP contribution < -0.4 is 5.32 Å². The molecule has 2 aromatic rings. The van der Waals surface area contributed by atoms with Crippen LogP contribution in [-0.4, -0.2) is 23.2 Å². The maximum atomic E-state index is 5.45. The highest BCUT2D eigenvalue weighted by Gasteiger charge is 2.29. The molecule has 1 aromatic heterocycles. The van der Waals surface area contributed by atoms with Gasteiger partial charge in [-0.15, -0.1) is 0 Å². The van der Waals surface area contributed by atoms with E-state index in [1.807, 2.05) is 0 Å². The second kappa shape index (κ2) is 5.37. The quantitative estimate of drug-likeness (QED) is 0.931. The topological polar surface area (TPSA) is 51.0 Å². The molecule has 20 heavy (non-hydrogen) atoms. The third kappa shape index (κ3) is 2.48. The first kappa shape index (κ1) is 13.3. The summed E-state index contributed by atoms with van der Waals surface area (Å²) in [7, 11) is 0.